The van der Waals surface area contributed by atoms with Crippen molar-refractivity contribution in [2.45, 2.75) is 123 Å². The number of nitrogens with zero attached hydrogens (tertiary/aromatic N) is 7. The summed E-state index contributed by atoms with van der Waals surface area (Å²) in [6.07, 6.45) is 3.00. The zero-order valence-electron chi connectivity index (χ0n) is 56.8. The highest BCUT2D eigenvalue weighted by Crippen LogP contribution is 2.40. The van der Waals surface area contributed by atoms with E-state index < -0.39 is 127 Å². The quantitative estimate of drug-likeness (QED) is 0.0203. The Balaban J connectivity index is 0.727. The number of hydrogen-bond acceptors (Lipinski definition) is 17. The number of aromatic amines is 1. The Hall–Kier alpha value is -7.64. The maximum absolute atomic E-state index is 15.9. The molecule has 0 saturated carbocycles. The average Bonchev–Trinajstić information content (AvgIpc) is 1.53. The van der Waals surface area contributed by atoms with Crippen LogP contribution in [0, 0.1) is 29.9 Å². The number of benzene rings is 3. The van der Waals surface area contributed by atoms with Crippen molar-refractivity contribution < 1.29 is 69.4 Å². The molecule has 23 nitrogen and oxygen atoms in total. The Morgan fingerprint density at radius 3 is 2.15 bits per heavy atom. The first-order valence-electron chi connectivity index (χ1n) is 33.1. The zero-order chi connectivity index (χ0) is 70.6. The van der Waals surface area contributed by atoms with Gasteiger partial charge in [-0.2, -0.15) is 12.7 Å². The van der Waals surface area contributed by atoms with Gasteiger partial charge >= 0.3 is 22.1 Å². The van der Waals surface area contributed by atoms with Gasteiger partial charge in [0.2, 0.25) is 23.5 Å². The maximum atomic E-state index is 15.9. The first-order valence-corrected chi connectivity index (χ1v) is 38.3. The summed E-state index contributed by atoms with van der Waals surface area (Å²) in [5, 5.41) is 15.3. The van der Waals surface area contributed by atoms with Gasteiger partial charge in [-0.05, 0) is 116 Å². The second-order valence-electron chi connectivity index (χ2n) is 28.5. The van der Waals surface area contributed by atoms with E-state index in [2.05, 4.69) is 74.2 Å². The van der Waals surface area contributed by atoms with Gasteiger partial charge in [0.15, 0.2) is 14.1 Å². The minimum absolute atomic E-state index is 0.0153. The molecule has 4 fully saturated rings. The molecule has 3 amide bonds. The Morgan fingerprint density at radius 2 is 1.52 bits per heavy atom. The van der Waals surface area contributed by atoms with Crippen LogP contribution in [0.25, 0.3) is 32.6 Å². The number of piperazine rings is 1. The van der Waals surface area contributed by atoms with E-state index in [0.29, 0.717) is 41.2 Å². The summed E-state index contributed by atoms with van der Waals surface area (Å²) in [6.45, 7) is 21.8. The highest BCUT2D eigenvalue weighted by Gasteiger charge is 2.49. The Labute approximate surface area is 574 Å². The van der Waals surface area contributed by atoms with E-state index in [1.165, 1.54) is 22.4 Å². The van der Waals surface area contributed by atoms with Crippen LogP contribution in [0.5, 0.6) is 0 Å². The molecule has 98 heavy (non-hydrogen) atoms. The van der Waals surface area contributed by atoms with Crippen molar-refractivity contribution in [1.29, 1.82) is 0 Å². The molecule has 7 heterocycles. The number of aliphatic carboxylic acids is 1. The van der Waals surface area contributed by atoms with Crippen LogP contribution in [-0.4, -0.2) is 207 Å². The fraction of sp³-hybridized carbons (Fsp3) is 0.507. The number of piperidine rings is 1. The minimum Gasteiger partial charge on any atom is -0.480 e. The second kappa shape index (κ2) is 30.5. The molecule has 0 bridgehead atoms. The van der Waals surface area contributed by atoms with Gasteiger partial charge < -0.3 is 44.4 Å². The number of hydrogen-bond donors (Lipinski definition) is 5. The van der Waals surface area contributed by atoms with E-state index in [1.807, 2.05) is 80.9 Å². The number of esters is 1. The normalized spacial score (nSPS) is 19.4. The van der Waals surface area contributed by atoms with Crippen molar-refractivity contribution >= 4 is 87.7 Å². The molecular formula is C69H88F3N11O12S2Si. The summed E-state index contributed by atoms with van der Waals surface area (Å²) in [4.78, 5) is 103. The molecule has 4 aliphatic heterocycles. The van der Waals surface area contributed by atoms with E-state index >= 15 is 13.6 Å². The number of alkyl halides is 1. The standard InChI is InChI=1S/C69H88F3N11O12S2Si/c1-42-63(96-41-75-42)46-12-10-45(11-13-46)55(38-94-59(87)40-93-39-58(85)86)76-66(89)56-31-50(95-98(8,9)69(5,6)7)36-83(56)67(90)64(68(2,3)4)77-57(84)37-79-23-20-43(21-24-79)34-80-26-28-81(29-27-80)49-16-14-44(15-17-49)47-30-51-52(33-74-65(51)73-32-47)62(88)60-53(71)18-19-54(61(60)72)78-97(91,92)82-25-22-48(70)35-82/h10-19,30,32-33,41,43,48,50,55-56,64,78H,20-29,31,34-40H2,1-9H3,(H,73,74)(H,76,89)(H,77,84)(H,85,86)/t48-,50-,55+,56+,64-/m1/s1. The molecular weight excluding hydrogens is 1320 g/mol. The number of nitrogens with one attached hydrogen (secondary N) is 4. The number of carboxylic acids is 1. The number of amides is 3. The summed E-state index contributed by atoms with van der Waals surface area (Å²) in [7, 11) is -6.83. The molecule has 528 valence electrons. The fourth-order valence-electron chi connectivity index (χ4n) is 12.7. The Morgan fingerprint density at radius 1 is 0.827 bits per heavy atom. The van der Waals surface area contributed by atoms with E-state index in [-0.39, 0.29) is 55.6 Å². The largest absolute Gasteiger partial charge is 0.480 e. The number of ketones is 1. The topological polar surface area (TPSA) is 278 Å². The van der Waals surface area contributed by atoms with Crippen LogP contribution in [0.3, 0.4) is 0 Å². The number of fused-ring (bicyclic) bond motifs is 1. The molecule has 10 rings (SSSR count). The number of aryl methyl sites for hydroxylation is 1. The predicted molar refractivity (Wildman–Crippen MR) is 369 cm³/mol. The van der Waals surface area contributed by atoms with Crippen LogP contribution < -0.4 is 20.3 Å². The zero-order valence-corrected chi connectivity index (χ0v) is 59.4. The lowest BCUT2D eigenvalue weighted by atomic mass is 9.85. The van der Waals surface area contributed by atoms with E-state index in [4.69, 9.17) is 19.0 Å². The molecule has 0 unspecified atom stereocenters. The minimum atomic E-state index is -4.39. The first-order chi connectivity index (χ1) is 46.3. The monoisotopic (exact) mass is 1410 g/mol. The molecule has 6 aromatic rings. The number of H-pyrrole nitrogens is 1. The Kier molecular flexibility index (Phi) is 22.7. The van der Waals surface area contributed by atoms with Gasteiger partial charge in [0, 0.05) is 93.4 Å². The van der Waals surface area contributed by atoms with Crippen molar-refractivity contribution in [2.75, 3.05) is 101 Å². The van der Waals surface area contributed by atoms with Gasteiger partial charge in [0.25, 0.3) is 0 Å². The van der Waals surface area contributed by atoms with E-state index in [1.54, 1.807) is 17.8 Å². The van der Waals surface area contributed by atoms with Crippen LogP contribution in [0.2, 0.25) is 18.1 Å². The van der Waals surface area contributed by atoms with E-state index in [9.17, 15) is 36.8 Å². The molecule has 5 N–H and O–H groups in total. The third-order valence-electron chi connectivity index (χ3n) is 19.3. The van der Waals surface area contributed by atoms with Crippen LogP contribution >= 0.6 is 11.3 Å². The van der Waals surface area contributed by atoms with Crippen molar-refractivity contribution in [2.24, 2.45) is 11.3 Å². The van der Waals surface area contributed by atoms with Crippen molar-refractivity contribution in [3.05, 3.63) is 119 Å². The number of rotatable bonds is 25. The number of halogens is 3. The lowest BCUT2D eigenvalue weighted by Gasteiger charge is -2.40. The number of ether oxygens (including phenoxy) is 2. The molecule has 0 aliphatic carbocycles. The number of pyridine rings is 1. The average molecular weight is 1410 g/mol. The maximum Gasteiger partial charge on any atom is 0.332 e. The van der Waals surface area contributed by atoms with Crippen LogP contribution in [0.1, 0.15) is 100 Å². The number of carbonyl (C=O) groups excluding carboxylic acids is 5. The summed E-state index contributed by atoms with van der Waals surface area (Å²) >= 11 is 1.49. The van der Waals surface area contributed by atoms with Crippen LogP contribution in [0.15, 0.2) is 84.6 Å². The Bertz CT molecular complexity index is 4000. The second-order valence-corrected chi connectivity index (χ2v) is 35.8. The summed E-state index contributed by atoms with van der Waals surface area (Å²) < 4.78 is 91.1. The lowest BCUT2D eigenvalue weighted by molar-refractivity contribution is -0.154. The first kappa shape index (κ1) is 73.1. The summed E-state index contributed by atoms with van der Waals surface area (Å²) in [5.41, 5.74) is 4.43. The van der Waals surface area contributed by atoms with Crippen molar-refractivity contribution in [3.63, 3.8) is 0 Å². The number of likely N-dealkylation sites (tertiary alicyclic amines) is 2. The van der Waals surface area contributed by atoms with Crippen molar-refractivity contribution in [1.82, 2.24) is 44.6 Å². The fourth-order valence-corrected chi connectivity index (χ4v) is 16.2. The third-order valence-corrected chi connectivity index (χ3v) is 26.3. The summed E-state index contributed by atoms with van der Waals surface area (Å²) in [6, 6.07) is 15.8. The molecule has 0 spiro atoms. The molecule has 4 aliphatic rings. The summed E-state index contributed by atoms with van der Waals surface area (Å²) in [5.74, 6) is -6.51. The molecule has 3 aromatic carbocycles. The molecule has 4 saturated heterocycles. The molecule has 29 heteroatoms. The lowest BCUT2D eigenvalue weighted by Crippen LogP contribution is -2.59. The van der Waals surface area contributed by atoms with Gasteiger partial charge in [0.05, 0.1) is 46.0 Å². The SMILES string of the molecule is Cc1ncsc1-c1ccc([C@H](COC(=O)COCC(=O)O)NC(=O)[C@@H]2C[C@@H](O[Si](C)(C)C(C)(C)C)CN2C(=O)[C@@H](NC(=O)CN2CCC(CN3CCN(c4ccc(-c5cnc6[nH]cc(C(=O)c7c(F)ccc(NS(=O)(=O)N8CC[C@@H](F)C8)c7F)c6c5)cc4)CC3)CC2)C(C)(C)C)cc1. The highest BCUT2D eigenvalue weighted by atomic mass is 32.2. The van der Waals surface area contributed by atoms with E-state index in [0.717, 1.165) is 89.4 Å². The van der Waals surface area contributed by atoms with Crippen molar-refractivity contribution in [3.8, 4) is 21.6 Å². The molecule has 3 aromatic heterocycles. The molecule has 0 radical (unpaired) electrons. The number of anilines is 2. The van der Waals surface area contributed by atoms with Gasteiger partial charge in [-0.25, -0.2) is 32.7 Å². The number of carbonyl (C=O) groups is 6. The highest BCUT2D eigenvalue weighted by molar-refractivity contribution is 7.90. The third kappa shape index (κ3) is 17.5. The molecule has 5 atom stereocenters. The number of aromatic nitrogens is 3. The van der Waals surface area contributed by atoms with Gasteiger partial charge in [0.1, 0.15) is 49.5 Å². The van der Waals surface area contributed by atoms with Crippen LogP contribution in [0.4, 0.5) is 24.5 Å². The van der Waals surface area contributed by atoms with Gasteiger partial charge in [-0.1, -0.05) is 77.9 Å². The van der Waals surface area contributed by atoms with Gasteiger partial charge in [-0.3, -0.25) is 33.7 Å². The number of thiazole rings is 1. The predicted octanol–water partition coefficient (Wildman–Crippen LogP) is 8.73. The van der Waals surface area contributed by atoms with Crippen LogP contribution in [-0.2, 0) is 48.1 Å². The number of carboxylic acid groups (broad SMARTS) is 1. The smallest absolute Gasteiger partial charge is 0.332 e. The van der Waals surface area contributed by atoms with Gasteiger partial charge in [-0.15, -0.1) is 11.3 Å².